The number of carbonyl (C=O) groups is 1. The van der Waals surface area contributed by atoms with Gasteiger partial charge < -0.3 is 14.4 Å². The Hall–Kier alpha value is -3.26. The van der Waals surface area contributed by atoms with Crippen molar-refractivity contribution >= 4 is 13.6 Å². The second-order valence-corrected chi connectivity index (χ2v) is 13.2. The van der Waals surface area contributed by atoms with E-state index in [2.05, 4.69) is 11.5 Å². The van der Waals surface area contributed by atoms with Crippen LogP contribution in [0.2, 0.25) is 0 Å². The fourth-order valence-electron chi connectivity index (χ4n) is 7.52. The first-order valence-corrected chi connectivity index (χ1v) is 15.9. The molecule has 3 aromatic rings. The molecule has 2 aliphatic heterocycles. The van der Waals surface area contributed by atoms with Gasteiger partial charge in [-0.25, -0.2) is 4.57 Å². The number of benzene rings is 3. The van der Waals surface area contributed by atoms with E-state index >= 15 is 0 Å². The molecule has 1 saturated heterocycles. The summed E-state index contributed by atoms with van der Waals surface area (Å²) in [5, 5.41) is 12.4. The third kappa shape index (κ3) is 4.28. The van der Waals surface area contributed by atoms with E-state index in [-0.39, 0.29) is 37.2 Å². The standard InChI is InChI=1S/C33H34NO7P/c1-2-18-34-19-17-32-29-25-13-14-27(30(29)40-31(32)26(35)15-16-33(32,36)28(34)20-25)41-42(37,38-21-23-9-5-3-6-10-23)39-22-24-11-7-4-8-12-24/h2-14,28,31,36H,1,15-22H2/t28-,31+,32+,33-/m1/s1. The molecule has 9 heteroatoms. The number of Topliss-reactive ketones (excluding diaryl/α,β-unsaturated/α-hetero) is 1. The number of phosphoric acid groups is 1. The fraction of sp³-hybridized carbons (Fsp3) is 0.364. The van der Waals surface area contributed by atoms with E-state index < -0.39 is 24.9 Å². The minimum Gasteiger partial charge on any atom is -0.477 e. The second kappa shape index (κ2) is 10.5. The van der Waals surface area contributed by atoms with Gasteiger partial charge in [-0.1, -0.05) is 72.8 Å². The maximum atomic E-state index is 14.2. The highest BCUT2D eigenvalue weighted by Gasteiger charge is 2.73. The smallest absolute Gasteiger partial charge is 0.477 e. The van der Waals surface area contributed by atoms with Crippen LogP contribution in [-0.4, -0.2) is 46.6 Å². The molecule has 8 nitrogen and oxygen atoms in total. The van der Waals surface area contributed by atoms with Gasteiger partial charge in [0.1, 0.15) is 0 Å². The van der Waals surface area contributed by atoms with Gasteiger partial charge in [0.15, 0.2) is 23.4 Å². The van der Waals surface area contributed by atoms with Gasteiger partial charge in [-0.2, -0.15) is 0 Å². The summed E-state index contributed by atoms with van der Waals surface area (Å²) >= 11 is 0. The molecule has 2 bridgehead atoms. The molecule has 0 unspecified atom stereocenters. The van der Waals surface area contributed by atoms with Gasteiger partial charge in [0.25, 0.3) is 0 Å². The van der Waals surface area contributed by atoms with Crippen LogP contribution in [0, 0.1) is 0 Å². The van der Waals surface area contributed by atoms with Crippen LogP contribution in [0.5, 0.6) is 11.5 Å². The third-order valence-corrected chi connectivity index (χ3v) is 10.7. The van der Waals surface area contributed by atoms with Crippen molar-refractivity contribution in [3.63, 3.8) is 0 Å². The van der Waals surface area contributed by atoms with Gasteiger partial charge in [-0.05, 0) is 42.0 Å². The molecule has 2 aliphatic carbocycles. The maximum absolute atomic E-state index is 14.2. The van der Waals surface area contributed by atoms with Crippen LogP contribution in [0.1, 0.15) is 41.5 Å². The molecule has 0 aromatic heterocycles. The highest BCUT2D eigenvalue weighted by molar-refractivity contribution is 7.48. The number of nitrogens with zero attached hydrogens (tertiary/aromatic N) is 1. The van der Waals surface area contributed by atoms with E-state index in [0.29, 0.717) is 38.1 Å². The third-order valence-electron chi connectivity index (χ3n) is 9.39. The molecule has 42 heavy (non-hydrogen) atoms. The zero-order valence-corrected chi connectivity index (χ0v) is 24.2. The number of ketones is 1. The molecule has 0 radical (unpaired) electrons. The number of phosphoric ester groups is 1. The van der Waals surface area contributed by atoms with Crippen molar-refractivity contribution in [1.82, 2.24) is 4.90 Å². The molecule has 1 N–H and O–H groups in total. The number of rotatable bonds is 10. The Bertz CT molecular complexity index is 1520. The van der Waals surface area contributed by atoms with Crippen LogP contribution in [-0.2, 0) is 43.5 Å². The topological polar surface area (TPSA) is 94.5 Å². The molecular weight excluding hydrogens is 553 g/mol. The van der Waals surface area contributed by atoms with Crippen LogP contribution in [0.4, 0.5) is 0 Å². The minimum atomic E-state index is -4.18. The molecule has 0 amide bonds. The van der Waals surface area contributed by atoms with Crippen molar-refractivity contribution in [1.29, 1.82) is 0 Å². The number of hydrogen-bond acceptors (Lipinski definition) is 8. The van der Waals surface area contributed by atoms with Crippen LogP contribution in [0.3, 0.4) is 0 Å². The van der Waals surface area contributed by atoms with Crippen LogP contribution < -0.4 is 9.26 Å². The molecular formula is C33H34NO7P. The molecule has 1 saturated carbocycles. The number of ether oxygens (including phenoxy) is 1. The number of likely N-dealkylation sites (tertiary alicyclic amines) is 1. The number of aliphatic hydroxyl groups is 1. The van der Waals surface area contributed by atoms with E-state index in [1.807, 2.05) is 72.8 Å². The lowest BCUT2D eigenvalue weighted by atomic mass is 9.49. The van der Waals surface area contributed by atoms with Gasteiger partial charge in [-0.3, -0.25) is 18.7 Å². The van der Waals surface area contributed by atoms with E-state index in [1.54, 1.807) is 6.07 Å². The van der Waals surface area contributed by atoms with E-state index in [4.69, 9.17) is 18.3 Å². The Morgan fingerprint density at radius 2 is 1.67 bits per heavy atom. The van der Waals surface area contributed by atoms with E-state index in [1.165, 1.54) is 0 Å². The molecule has 4 atom stereocenters. The molecule has 7 rings (SSSR count). The summed E-state index contributed by atoms with van der Waals surface area (Å²) in [7, 11) is -4.18. The maximum Gasteiger partial charge on any atom is 0.530 e. The molecule has 4 aliphatic rings. The molecule has 2 heterocycles. The summed E-state index contributed by atoms with van der Waals surface area (Å²) < 4.78 is 38.5. The van der Waals surface area contributed by atoms with Crippen molar-refractivity contribution in [3.8, 4) is 11.5 Å². The summed E-state index contributed by atoms with van der Waals surface area (Å²) in [4.78, 5) is 15.6. The van der Waals surface area contributed by atoms with Gasteiger partial charge in [0, 0.05) is 31.1 Å². The Labute approximate surface area is 245 Å². The summed E-state index contributed by atoms with van der Waals surface area (Å²) in [5.74, 6) is 0.507. The van der Waals surface area contributed by atoms with Crippen molar-refractivity contribution in [2.24, 2.45) is 0 Å². The van der Waals surface area contributed by atoms with Crippen molar-refractivity contribution in [3.05, 3.63) is 108 Å². The Morgan fingerprint density at radius 1 is 1.00 bits per heavy atom. The van der Waals surface area contributed by atoms with Crippen molar-refractivity contribution in [2.75, 3.05) is 13.1 Å². The lowest BCUT2D eigenvalue weighted by Crippen LogP contribution is -2.76. The monoisotopic (exact) mass is 587 g/mol. The zero-order chi connectivity index (χ0) is 29.0. The lowest BCUT2D eigenvalue weighted by Gasteiger charge is -2.62. The van der Waals surface area contributed by atoms with Crippen LogP contribution in [0.25, 0.3) is 0 Å². The summed E-state index contributed by atoms with van der Waals surface area (Å²) in [6, 6.07) is 22.3. The number of hydrogen-bond donors (Lipinski definition) is 1. The zero-order valence-electron chi connectivity index (χ0n) is 23.3. The van der Waals surface area contributed by atoms with Crippen molar-refractivity contribution < 1.29 is 32.8 Å². The van der Waals surface area contributed by atoms with Gasteiger partial charge in [0.05, 0.1) is 24.2 Å². The minimum absolute atomic E-state index is 0.0135. The molecule has 3 aromatic carbocycles. The normalized spacial score (nSPS) is 27.7. The fourth-order valence-corrected chi connectivity index (χ4v) is 8.70. The highest BCUT2D eigenvalue weighted by atomic mass is 31.2. The van der Waals surface area contributed by atoms with E-state index in [9.17, 15) is 14.5 Å². The summed E-state index contributed by atoms with van der Waals surface area (Å²) in [6.07, 6.45) is 2.79. The predicted octanol–water partition coefficient (Wildman–Crippen LogP) is 5.52. The molecule has 218 valence electrons. The largest absolute Gasteiger partial charge is 0.530 e. The first kappa shape index (κ1) is 27.6. The SMILES string of the molecule is C=CCN1CC[C@]23c4c5ccc(OP(=O)(OCc6ccccc6)OCc6ccccc6)c4O[C@H]2C(=O)CC[C@@]3(O)[C@H]1C5. The Morgan fingerprint density at radius 3 is 2.31 bits per heavy atom. The van der Waals surface area contributed by atoms with Crippen LogP contribution >= 0.6 is 7.82 Å². The molecule has 2 fully saturated rings. The number of carbonyl (C=O) groups excluding carboxylic acids is 1. The van der Waals surface area contributed by atoms with Gasteiger partial charge in [0.2, 0.25) is 0 Å². The van der Waals surface area contributed by atoms with Crippen molar-refractivity contribution in [2.45, 2.75) is 62.1 Å². The first-order valence-electron chi connectivity index (χ1n) is 14.5. The van der Waals surface area contributed by atoms with E-state index in [0.717, 1.165) is 22.3 Å². The summed E-state index contributed by atoms with van der Waals surface area (Å²) in [6.45, 7) is 5.30. The summed E-state index contributed by atoms with van der Waals surface area (Å²) in [5.41, 5.74) is 1.38. The predicted molar refractivity (Wildman–Crippen MR) is 156 cm³/mol. The number of piperidine rings is 1. The highest BCUT2D eigenvalue weighted by Crippen LogP contribution is 2.66. The van der Waals surface area contributed by atoms with Crippen LogP contribution in [0.15, 0.2) is 85.5 Å². The Kier molecular flexibility index (Phi) is 6.87. The average Bonchev–Trinajstić information content (AvgIpc) is 3.37. The molecule has 1 spiro atoms. The average molecular weight is 588 g/mol. The Balaban J connectivity index is 1.26. The first-order chi connectivity index (χ1) is 20.4. The quantitative estimate of drug-likeness (QED) is 0.245. The lowest BCUT2D eigenvalue weighted by molar-refractivity contribution is -0.187. The van der Waals surface area contributed by atoms with Gasteiger partial charge in [-0.15, -0.1) is 6.58 Å². The second-order valence-electron chi connectivity index (χ2n) is 11.6. The van der Waals surface area contributed by atoms with Gasteiger partial charge >= 0.3 is 7.82 Å².